The molecule has 1 radical (unpaired) electrons. The lowest BCUT2D eigenvalue weighted by Crippen LogP contribution is -1.71. The maximum Gasteiger partial charge on any atom is -0.0160 e. The van der Waals surface area contributed by atoms with Crippen LogP contribution in [0.1, 0.15) is 38.5 Å². The molecule has 0 aliphatic heterocycles. The predicted octanol–water partition coefficient (Wildman–Crippen LogP) is 4.37. The third-order valence-corrected chi connectivity index (χ3v) is 2.16. The molecule has 0 saturated heterocycles. The monoisotopic (exact) mass is 187 g/mol. The van der Waals surface area contributed by atoms with Crippen molar-refractivity contribution in [3.8, 4) is 0 Å². The lowest BCUT2D eigenvalue weighted by atomic mass is 10.2. The van der Waals surface area contributed by atoms with Gasteiger partial charge in [0.05, 0.1) is 0 Å². The fourth-order valence-corrected chi connectivity index (χ4v) is 1.35. The molecule has 75 valence electrons. The predicted molar refractivity (Wildman–Crippen MR) is 62.9 cm³/mol. The first-order valence-corrected chi connectivity index (χ1v) is 5.53. The van der Waals surface area contributed by atoms with Crippen LogP contribution in [0, 0.1) is 6.08 Å². The minimum Gasteiger partial charge on any atom is -0.0885 e. The Labute approximate surface area is 87.7 Å². The van der Waals surface area contributed by atoms with Gasteiger partial charge in [-0.3, -0.25) is 0 Å². The van der Waals surface area contributed by atoms with E-state index in [9.17, 15) is 0 Å². The van der Waals surface area contributed by atoms with E-state index in [0.717, 1.165) is 19.3 Å². The average Bonchev–Trinajstić information content (AvgIpc) is 2.22. The summed E-state index contributed by atoms with van der Waals surface area (Å²) in [5.41, 5.74) is 0. The smallest absolute Gasteiger partial charge is 0.0160 e. The van der Waals surface area contributed by atoms with E-state index in [1.165, 1.54) is 19.3 Å². The lowest BCUT2D eigenvalue weighted by Gasteiger charge is -1.91. The first-order chi connectivity index (χ1) is 7.00. The Bertz CT molecular complexity index is 228. The quantitative estimate of drug-likeness (QED) is 0.494. The van der Waals surface area contributed by atoms with Gasteiger partial charge in [-0.05, 0) is 44.6 Å². The van der Waals surface area contributed by atoms with E-state index in [-0.39, 0.29) is 0 Å². The molecule has 0 aromatic rings. The van der Waals surface area contributed by atoms with Gasteiger partial charge in [0.25, 0.3) is 0 Å². The molecule has 0 fully saturated rings. The first-order valence-electron chi connectivity index (χ1n) is 5.53. The normalized spacial score (nSPS) is 19.4. The molecular weight excluding hydrogens is 168 g/mol. The second-order valence-corrected chi connectivity index (χ2v) is 3.46. The Morgan fingerprint density at radius 1 is 0.714 bits per heavy atom. The number of hydrogen-bond donors (Lipinski definition) is 0. The van der Waals surface area contributed by atoms with Crippen LogP contribution < -0.4 is 0 Å². The number of rotatable bonds is 0. The van der Waals surface area contributed by atoms with Crippen LogP contribution in [-0.2, 0) is 0 Å². The fourth-order valence-electron chi connectivity index (χ4n) is 1.35. The largest absolute Gasteiger partial charge is 0.0885 e. The van der Waals surface area contributed by atoms with Gasteiger partial charge < -0.3 is 0 Å². The lowest BCUT2D eigenvalue weighted by molar-refractivity contribution is 0.860. The molecule has 1 rings (SSSR count). The van der Waals surface area contributed by atoms with E-state index in [1.807, 2.05) is 6.08 Å². The van der Waals surface area contributed by atoms with E-state index in [0.29, 0.717) is 0 Å². The molecule has 0 nitrogen and oxygen atoms in total. The molecule has 0 aromatic heterocycles. The van der Waals surface area contributed by atoms with Crippen LogP contribution in [0.5, 0.6) is 0 Å². The highest BCUT2D eigenvalue weighted by molar-refractivity contribution is 5.00. The van der Waals surface area contributed by atoms with Gasteiger partial charge in [-0.1, -0.05) is 42.5 Å². The third kappa shape index (κ3) is 6.47. The summed E-state index contributed by atoms with van der Waals surface area (Å²) in [6, 6.07) is 0. The molecule has 0 amide bonds. The molecule has 0 heterocycles. The van der Waals surface area contributed by atoms with E-state index in [2.05, 4.69) is 42.5 Å². The Morgan fingerprint density at radius 3 is 2.36 bits per heavy atom. The molecule has 0 atom stereocenters. The van der Waals surface area contributed by atoms with Crippen molar-refractivity contribution in [1.29, 1.82) is 0 Å². The zero-order chi connectivity index (χ0) is 9.90. The molecule has 0 heteroatoms. The minimum atomic E-state index is 1.01. The van der Waals surface area contributed by atoms with Crippen molar-refractivity contribution in [2.45, 2.75) is 38.5 Å². The molecule has 0 saturated carbocycles. The van der Waals surface area contributed by atoms with Crippen molar-refractivity contribution in [2.24, 2.45) is 0 Å². The van der Waals surface area contributed by atoms with Crippen molar-refractivity contribution in [2.75, 3.05) is 0 Å². The summed E-state index contributed by atoms with van der Waals surface area (Å²) in [5, 5.41) is 0. The highest BCUT2D eigenvalue weighted by Gasteiger charge is 1.82. The van der Waals surface area contributed by atoms with Gasteiger partial charge in [-0.15, -0.1) is 0 Å². The van der Waals surface area contributed by atoms with E-state index in [1.54, 1.807) is 0 Å². The van der Waals surface area contributed by atoms with E-state index < -0.39 is 0 Å². The number of allylic oxidation sites excluding steroid dienone is 8. The van der Waals surface area contributed by atoms with Crippen molar-refractivity contribution in [3.63, 3.8) is 0 Å². The van der Waals surface area contributed by atoms with Crippen molar-refractivity contribution >= 4 is 0 Å². The van der Waals surface area contributed by atoms with Crippen LogP contribution in [0.2, 0.25) is 0 Å². The summed E-state index contributed by atoms with van der Waals surface area (Å²) in [6.07, 6.45) is 25.5. The van der Waals surface area contributed by atoms with Crippen LogP contribution in [0.15, 0.2) is 42.5 Å². The van der Waals surface area contributed by atoms with Crippen molar-refractivity contribution < 1.29 is 0 Å². The van der Waals surface area contributed by atoms with Gasteiger partial charge >= 0.3 is 0 Å². The average molecular weight is 187 g/mol. The van der Waals surface area contributed by atoms with Gasteiger partial charge in [-0.2, -0.15) is 0 Å². The molecular formula is C14H19. The van der Waals surface area contributed by atoms with Gasteiger partial charge in [0, 0.05) is 0 Å². The van der Waals surface area contributed by atoms with Crippen molar-refractivity contribution in [3.05, 3.63) is 48.6 Å². The Hall–Kier alpha value is -1.04. The summed E-state index contributed by atoms with van der Waals surface area (Å²) in [6.45, 7) is 0. The van der Waals surface area contributed by atoms with Crippen molar-refractivity contribution in [1.82, 2.24) is 0 Å². The molecule has 0 spiro atoms. The Balaban J connectivity index is 2.35. The zero-order valence-corrected chi connectivity index (χ0v) is 8.78. The molecule has 1 aliphatic carbocycles. The first kappa shape index (κ1) is 11.0. The minimum absolute atomic E-state index is 1.01. The van der Waals surface area contributed by atoms with Gasteiger partial charge in [-0.25, -0.2) is 0 Å². The van der Waals surface area contributed by atoms with Gasteiger partial charge in [0.15, 0.2) is 0 Å². The summed E-state index contributed by atoms with van der Waals surface area (Å²) < 4.78 is 0. The molecule has 0 aromatic carbocycles. The van der Waals surface area contributed by atoms with Crippen LogP contribution in [-0.4, -0.2) is 0 Å². The van der Waals surface area contributed by atoms with Crippen LogP contribution in [0.25, 0.3) is 0 Å². The Kier molecular flexibility index (Phi) is 6.74. The standard InChI is InChI=1S/C14H19/c1-2-4-6-8-10-12-14-13-11-9-7-5-3-1/h1-2,5,9-12H,3-4,6,8,13-14H2. The van der Waals surface area contributed by atoms with E-state index in [4.69, 9.17) is 0 Å². The SMILES string of the molecule is [C]1=CCC=CCCCC=CCCC=C1. The van der Waals surface area contributed by atoms with Gasteiger partial charge in [0.1, 0.15) is 0 Å². The third-order valence-electron chi connectivity index (χ3n) is 2.16. The highest BCUT2D eigenvalue weighted by Crippen LogP contribution is 2.02. The zero-order valence-electron chi connectivity index (χ0n) is 8.78. The summed E-state index contributed by atoms with van der Waals surface area (Å²) >= 11 is 0. The highest BCUT2D eigenvalue weighted by atomic mass is 13.9. The van der Waals surface area contributed by atoms with Gasteiger partial charge in [0.2, 0.25) is 0 Å². The molecule has 14 heavy (non-hydrogen) atoms. The maximum absolute atomic E-state index is 3.16. The fraction of sp³-hybridized carbons (Fsp3) is 0.429. The molecule has 0 bridgehead atoms. The van der Waals surface area contributed by atoms with Crippen LogP contribution >= 0.6 is 0 Å². The maximum atomic E-state index is 3.16. The summed E-state index contributed by atoms with van der Waals surface area (Å²) in [7, 11) is 0. The molecule has 0 unspecified atom stereocenters. The molecule has 0 N–H and O–H groups in total. The van der Waals surface area contributed by atoms with Crippen LogP contribution in [0.4, 0.5) is 0 Å². The van der Waals surface area contributed by atoms with Crippen LogP contribution in [0.3, 0.4) is 0 Å². The Morgan fingerprint density at radius 2 is 1.43 bits per heavy atom. The topological polar surface area (TPSA) is 0 Å². The summed E-state index contributed by atoms with van der Waals surface area (Å²) in [4.78, 5) is 0. The van der Waals surface area contributed by atoms with E-state index >= 15 is 0 Å². The second-order valence-electron chi connectivity index (χ2n) is 3.46. The number of hydrogen-bond acceptors (Lipinski definition) is 0. The second kappa shape index (κ2) is 8.55. The summed E-state index contributed by atoms with van der Waals surface area (Å²) in [5.74, 6) is 0. The molecule has 1 aliphatic rings.